The van der Waals surface area contributed by atoms with E-state index in [-0.39, 0.29) is 12.5 Å². The molecule has 0 saturated carbocycles. The summed E-state index contributed by atoms with van der Waals surface area (Å²) >= 11 is 0. The first-order valence-corrected chi connectivity index (χ1v) is 7.21. The zero-order chi connectivity index (χ0) is 15.8. The highest BCUT2D eigenvalue weighted by Gasteiger charge is 2.21. The third-order valence-corrected chi connectivity index (χ3v) is 2.64. The van der Waals surface area contributed by atoms with Crippen molar-refractivity contribution in [2.45, 2.75) is 40.2 Å². The molecular weight excluding hydrogens is 258 g/mol. The molecule has 1 saturated heterocycles. The van der Waals surface area contributed by atoms with Gasteiger partial charge in [0, 0.05) is 26.2 Å². The second-order valence-corrected chi connectivity index (χ2v) is 5.54. The number of likely N-dealkylation sites (N-methyl/N-ethyl adjacent to an activating group) is 1. The molecular formula is C14H29N3O3. The van der Waals surface area contributed by atoms with E-state index in [0.29, 0.717) is 13.1 Å². The molecule has 0 aliphatic carbocycles. The number of piperazine rings is 1. The Morgan fingerprint density at radius 3 is 2.05 bits per heavy atom. The number of amides is 2. The van der Waals surface area contributed by atoms with Crippen LogP contribution in [0, 0.1) is 0 Å². The van der Waals surface area contributed by atoms with Crippen molar-refractivity contribution in [3.05, 3.63) is 0 Å². The number of nitrogens with one attached hydrogen (secondary N) is 1. The van der Waals surface area contributed by atoms with Crippen LogP contribution in [0.1, 0.15) is 34.6 Å². The first-order valence-electron chi connectivity index (χ1n) is 7.21. The number of nitrogens with zero attached hydrogens (tertiary/aromatic N) is 2. The van der Waals surface area contributed by atoms with Crippen molar-refractivity contribution < 1.29 is 14.3 Å². The lowest BCUT2D eigenvalue weighted by atomic mass is 10.2. The van der Waals surface area contributed by atoms with Crippen molar-refractivity contribution in [2.75, 3.05) is 39.8 Å². The van der Waals surface area contributed by atoms with Gasteiger partial charge < -0.3 is 19.9 Å². The van der Waals surface area contributed by atoms with E-state index in [1.807, 2.05) is 20.9 Å². The molecule has 1 aliphatic rings. The maximum Gasteiger partial charge on any atom is 0.408 e. The predicted octanol–water partition coefficient (Wildman–Crippen LogP) is 1.31. The highest BCUT2D eigenvalue weighted by Crippen LogP contribution is 2.06. The molecule has 118 valence electrons. The molecule has 0 unspecified atom stereocenters. The van der Waals surface area contributed by atoms with Crippen molar-refractivity contribution in [3.8, 4) is 0 Å². The minimum Gasteiger partial charge on any atom is -0.444 e. The lowest BCUT2D eigenvalue weighted by Gasteiger charge is -2.32. The van der Waals surface area contributed by atoms with Crippen LogP contribution in [0.15, 0.2) is 0 Å². The molecule has 1 N–H and O–H groups in total. The molecule has 1 rings (SSSR count). The third-order valence-electron chi connectivity index (χ3n) is 2.64. The van der Waals surface area contributed by atoms with Gasteiger partial charge in [-0.2, -0.15) is 0 Å². The predicted molar refractivity (Wildman–Crippen MR) is 79.7 cm³/mol. The summed E-state index contributed by atoms with van der Waals surface area (Å²) in [6.45, 7) is 12.5. The van der Waals surface area contributed by atoms with Gasteiger partial charge >= 0.3 is 6.09 Å². The lowest BCUT2D eigenvalue weighted by molar-refractivity contribution is -0.131. The molecule has 0 radical (unpaired) electrons. The minimum absolute atomic E-state index is 0.00136. The van der Waals surface area contributed by atoms with Gasteiger partial charge in [-0.3, -0.25) is 4.79 Å². The largest absolute Gasteiger partial charge is 0.444 e. The van der Waals surface area contributed by atoms with E-state index in [9.17, 15) is 9.59 Å². The lowest BCUT2D eigenvalue weighted by Crippen LogP contribution is -2.50. The average molecular weight is 287 g/mol. The number of hydrogen-bond acceptors (Lipinski definition) is 4. The van der Waals surface area contributed by atoms with E-state index in [4.69, 9.17) is 4.74 Å². The van der Waals surface area contributed by atoms with Crippen molar-refractivity contribution in [1.29, 1.82) is 0 Å². The molecule has 1 heterocycles. The smallest absolute Gasteiger partial charge is 0.408 e. The highest BCUT2D eigenvalue weighted by molar-refractivity contribution is 5.82. The van der Waals surface area contributed by atoms with Crippen LogP contribution in [-0.4, -0.2) is 67.2 Å². The Bertz CT molecular complexity index is 305. The molecule has 0 bridgehead atoms. The Hall–Kier alpha value is -1.30. The van der Waals surface area contributed by atoms with E-state index in [1.54, 1.807) is 25.7 Å². The maximum absolute atomic E-state index is 11.8. The summed E-state index contributed by atoms with van der Waals surface area (Å²) in [5, 5.41) is 2.48. The van der Waals surface area contributed by atoms with Gasteiger partial charge in [-0.1, -0.05) is 13.8 Å². The molecule has 0 aromatic heterocycles. The molecule has 6 nitrogen and oxygen atoms in total. The van der Waals surface area contributed by atoms with Gasteiger partial charge in [0.15, 0.2) is 0 Å². The summed E-state index contributed by atoms with van der Waals surface area (Å²) < 4.78 is 5.06. The number of rotatable bonds is 2. The number of carbonyl (C=O) groups is 2. The zero-order valence-electron chi connectivity index (χ0n) is 13.7. The van der Waals surface area contributed by atoms with Crippen LogP contribution in [-0.2, 0) is 9.53 Å². The van der Waals surface area contributed by atoms with Gasteiger partial charge in [0.2, 0.25) is 5.91 Å². The van der Waals surface area contributed by atoms with E-state index in [2.05, 4.69) is 10.2 Å². The molecule has 0 aromatic rings. The second kappa shape index (κ2) is 8.79. The van der Waals surface area contributed by atoms with Gasteiger partial charge in [-0.25, -0.2) is 4.79 Å². The Morgan fingerprint density at radius 2 is 1.60 bits per heavy atom. The maximum atomic E-state index is 11.8. The van der Waals surface area contributed by atoms with Gasteiger partial charge in [0.25, 0.3) is 0 Å². The summed E-state index contributed by atoms with van der Waals surface area (Å²) in [6, 6.07) is 0. The second-order valence-electron chi connectivity index (χ2n) is 5.54. The molecule has 2 amide bonds. The Labute approximate surface area is 122 Å². The van der Waals surface area contributed by atoms with Gasteiger partial charge in [0.05, 0.1) is 0 Å². The molecule has 20 heavy (non-hydrogen) atoms. The van der Waals surface area contributed by atoms with Gasteiger partial charge in [-0.05, 0) is 27.8 Å². The van der Waals surface area contributed by atoms with Crippen LogP contribution in [0.2, 0.25) is 0 Å². The van der Waals surface area contributed by atoms with Crippen molar-refractivity contribution >= 4 is 12.0 Å². The van der Waals surface area contributed by atoms with Crippen LogP contribution in [0.4, 0.5) is 4.79 Å². The number of alkyl carbamates (subject to hydrolysis) is 1. The fourth-order valence-electron chi connectivity index (χ4n) is 1.63. The van der Waals surface area contributed by atoms with E-state index >= 15 is 0 Å². The molecule has 0 atom stereocenters. The average Bonchev–Trinajstić information content (AvgIpc) is 2.37. The van der Waals surface area contributed by atoms with E-state index in [0.717, 1.165) is 13.1 Å². The zero-order valence-corrected chi connectivity index (χ0v) is 13.7. The number of carbonyl (C=O) groups excluding carboxylic acids is 2. The molecule has 0 aromatic carbocycles. The van der Waals surface area contributed by atoms with Crippen molar-refractivity contribution in [2.24, 2.45) is 0 Å². The van der Waals surface area contributed by atoms with Crippen LogP contribution in [0.25, 0.3) is 0 Å². The summed E-state index contributed by atoms with van der Waals surface area (Å²) in [6.07, 6.45) is -0.551. The molecule has 1 aliphatic heterocycles. The Kier molecular flexibility index (Phi) is 8.22. The van der Waals surface area contributed by atoms with Crippen LogP contribution >= 0.6 is 0 Å². The summed E-state index contributed by atoms with van der Waals surface area (Å²) in [4.78, 5) is 27.1. The van der Waals surface area contributed by atoms with E-state index < -0.39 is 11.7 Å². The Morgan fingerprint density at radius 1 is 1.10 bits per heavy atom. The SMILES string of the molecule is CC.CN1CCN(C(=O)CNC(=O)OC(C)(C)C)CC1. The number of ether oxygens (including phenoxy) is 1. The van der Waals surface area contributed by atoms with Crippen molar-refractivity contribution in [1.82, 2.24) is 15.1 Å². The third kappa shape index (κ3) is 7.99. The summed E-state index contributed by atoms with van der Waals surface area (Å²) in [5.74, 6) is -0.0611. The first kappa shape index (κ1) is 18.7. The van der Waals surface area contributed by atoms with Gasteiger partial charge in [0.1, 0.15) is 12.1 Å². The summed E-state index contributed by atoms with van der Waals surface area (Å²) in [5.41, 5.74) is -0.541. The first-order chi connectivity index (χ1) is 9.28. The van der Waals surface area contributed by atoms with Crippen LogP contribution < -0.4 is 5.32 Å². The fraction of sp³-hybridized carbons (Fsp3) is 0.857. The summed E-state index contributed by atoms with van der Waals surface area (Å²) in [7, 11) is 2.03. The van der Waals surface area contributed by atoms with Crippen LogP contribution in [0.5, 0.6) is 0 Å². The monoisotopic (exact) mass is 287 g/mol. The topological polar surface area (TPSA) is 61.9 Å². The quantitative estimate of drug-likeness (QED) is 0.832. The van der Waals surface area contributed by atoms with Gasteiger partial charge in [-0.15, -0.1) is 0 Å². The highest BCUT2D eigenvalue weighted by atomic mass is 16.6. The van der Waals surface area contributed by atoms with Crippen molar-refractivity contribution in [3.63, 3.8) is 0 Å². The normalized spacial score (nSPS) is 16.0. The molecule has 0 spiro atoms. The molecule has 6 heteroatoms. The fourth-order valence-corrected chi connectivity index (χ4v) is 1.63. The Balaban J connectivity index is 0.00000172. The standard InChI is InChI=1S/C12H23N3O3.C2H6/c1-12(2,3)18-11(17)13-9-10(16)15-7-5-14(4)6-8-15;1-2/h5-9H2,1-4H3,(H,13,17);1-2H3. The minimum atomic E-state index is -0.551. The van der Waals surface area contributed by atoms with E-state index in [1.165, 1.54) is 0 Å². The molecule has 1 fully saturated rings. The number of hydrogen-bond donors (Lipinski definition) is 1. The van der Waals surface area contributed by atoms with Crippen LogP contribution in [0.3, 0.4) is 0 Å².